The fourth-order valence-electron chi connectivity index (χ4n) is 3.39. The molecule has 2 rings (SSSR count). The molecule has 1 unspecified atom stereocenters. The fourth-order valence-corrected chi connectivity index (χ4v) is 3.39. The van der Waals surface area contributed by atoms with Crippen molar-refractivity contribution in [1.29, 1.82) is 0 Å². The van der Waals surface area contributed by atoms with Crippen molar-refractivity contribution in [2.75, 3.05) is 6.61 Å². The largest absolute Gasteiger partial charge is 0.423 e. The second-order valence-electron chi connectivity index (χ2n) is 8.04. The normalized spacial score (nSPS) is 12.0. The maximum Gasteiger partial charge on any atom is 0.343 e. The zero-order valence-electron chi connectivity index (χ0n) is 19.0. The Kier molecular flexibility index (Phi) is 11.2. The Morgan fingerprint density at radius 3 is 2.10 bits per heavy atom. The van der Waals surface area contributed by atoms with Crippen molar-refractivity contribution in [2.45, 2.75) is 84.7 Å². The Balaban J connectivity index is 1.78. The molecule has 2 aromatic rings. The zero-order chi connectivity index (χ0) is 21.6. The molecule has 0 saturated heterocycles. The summed E-state index contributed by atoms with van der Waals surface area (Å²) >= 11 is 0. The highest BCUT2D eigenvalue weighted by Gasteiger charge is 2.10. The Bertz CT molecular complexity index is 719. The van der Waals surface area contributed by atoms with E-state index in [0.29, 0.717) is 11.3 Å². The topological polar surface area (TPSA) is 35.5 Å². The van der Waals surface area contributed by atoms with Gasteiger partial charge >= 0.3 is 5.97 Å². The van der Waals surface area contributed by atoms with E-state index < -0.39 is 0 Å². The number of hydrogen-bond acceptors (Lipinski definition) is 3. The van der Waals surface area contributed by atoms with Crippen LogP contribution in [0.3, 0.4) is 0 Å². The van der Waals surface area contributed by atoms with Gasteiger partial charge in [-0.25, -0.2) is 4.79 Å². The number of ether oxygens (including phenoxy) is 2. The van der Waals surface area contributed by atoms with Crippen LogP contribution < -0.4 is 4.74 Å². The molecule has 0 aliphatic carbocycles. The molecule has 0 saturated carbocycles. The molecule has 0 aliphatic rings. The third kappa shape index (κ3) is 8.71. The summed E-state index contributed by atoms with van der Waals surface area (Å²) in [6.45, 7) is 7.21. The summed E-state index contributed by atoms with van der Waals surface area (Å²) in [6.07, 6.45) is 11.1. The fraction of sp³-hybridized carbons (Fsp3) is 0.519. The Labute approximate surface area is 182 Å². The van der Waals surface area contributed by atoms with E-state index in [1.165, 1.54) is 44.1 Å². The lowest BCUT2D eigenvalue weighted by atomic mass is 10.0. The summed E-state index contributed by atoms with van der Waals surface area (Å²) in [5.74, 6) is 0.238. The van der Waals surface area contributed by atoms with E-state index in [-0.39, 0.29) is 12.1 Å². The van der Waals surface area contributed by atoms with E-state index in [1.807, 2.05) is 55.5 Å². The van der Waals surface area contributed by atoms with Crippen LogP contribution in [0.25, 0.3) is 0 Å². The van der Waals surface area contributed by atoms with Gasteiger partial charge in [-0.15, -0.1) is 0 Å². The van der Waals surface area contributed by atoms with Gasteiger partial charge in [-0.1, -0.05) is 76.6 Å². The predicted octanol–water partition coefficient (Wildman–Crippen LogP) is 7.69. The number of unbranched alkanes of at least 4 members (excludes halogenated alkanes) is 6. The van der Waals surface area contributed by atoms with E-state index in [2.05, 4.69) is 13.8 Å². The van der Waals surface area contributed by atoms with Crippen molar-refractivity contribution in [3.05, 3.63) is 65.2 Å². The van der Waals surface area contributed by atoms with Gasteiger partial charge in [-0.2, -0.15) is 0 Å². The second kappa shape index (κ2) is 14.0. The number of benzene rings is 2. The van der Waals surface area contributed by atoms with Gasteiger partial charge in [0.15, 0.2) is 0 Å². The maximum atomic E-state index is 12.4. The van der Waals surface area contributed by atoms with Gasteiger partial charge in [-0.3, -0.25) is 0 Å². The smallest absolute Gasteiger partial charge is 0.343 e. The van der Waals surface area contributed by atoms with E-state index in [1.54, 1.807) is 0 Å². The molecule has 0 heterocycles. The Morgan fingerprint density at radius 2 is 1.43 bits per heavy atom. The highest BCUT2D eigenvalue weighted by atomic mass is 16.5. The molecular formula is C27H38O3. The zero-order valence-corrected chi connectivity index (χ0v) is 19.0. The predicted molar refractivity (Wildman–Crippen MR) is 124 cm³/mol. The van der Waals surface area contributed by atoms with Gasteiger partial charge in [0.2, 0.25) is 0 Å². The molecule has 0 aliphatic heterocycles. The number of aryl methyl sites for hydroxylation is 1. The highest BCUT2D eigenvalue weighted by molar-refractivity contribution is 5.91. The van der Waals surface area contributed by atoms with Crippen LogP contribution in [0.1, 0.15) is 99.7 Å². The molecule has 0 N–H and O–H groups in total. The van der Waals surface area contributed by atoms with Crippen LogP contribution in [0.2, 0.25) is 0 Å². The molecule has 0 bridgehead atoms. The minimum absolute atomic E-state index is 0.0421. The van der Waals surface area contributed by atoms with Crippen LogP contribution in [-0.2, 0) is 11.2 Å². The number of carbonyl (C=O) groups excluding carboxylic acids is 1. The number of rotatable bonds is 14. The van der Waals surface area contributed by atoms with Crippen molar-refractivity contribution >= 4 is 5.97 Å². The first-order chi connectivity index (χ1) is 14.6. The van der Waals surface area contributed by atoms with Crippen LogP contribution in [0.15, 0.2) is 48.5 Å². The van der Waals surface area contributed by atoms with Crippen LogP contribution in [0, 0.1) is 0 Å². The van der Waals surface area contributed by atoms with Gasteiger partial charge in [0.1, 0.15) is 5.75 Å². The summed E-state index contributed by atoms with van der Waals surface area (Å²) in [6, 6.07) is 15.4. The Hall–Kier alpha value is -2.13. The summed E-state index contributed by atoms with van der Waals surface area (Å²) in [4.78, 5) is 12.4. The van der Waals surface area contributed by atoms with Gasteiger partial charge in [-0.05, 0) is 61.6 Å². The van der Waals surface area contributed by atoms with Crippen molar-refractivity contribution in [2.24, 2.45) is 0 Å². The molecule has 0 radical (unpaired) electrons. The van der Waals surface area contributed by atoms with Crippen molar-refractivity contribution in [3.63, 3.8) is 0 Å². The molecule has 164 valence electrons. The molecular weight excluding hydrogens is 372 g/mol. The lowest BCUT2D eigenvalue weighted by molar-refractivity contribution is 0.0636. The standard InChI is InChI=1S/C27H38O3/c1-4-6-8-9-10-11-12-23-13-15-25(16-14-23)27(28)30-26-19-17-24(18-20-26)22(3)29-21-7-5-2/h13-20,22H,4-12,21H2,1-3H3. The highest BCUT2D eigenvalue weighted by Crippen LogP contribution is 2.21. The van der Waals surface area contributed by atoms with Gasteiger partial charge < -0.3 is 9.47 Å². The Morgan fingerprint density at radius 1 is 0.800 bits per heavy atom. The van der Waals surface area contributed by atoms with Gasteiger partial charge in [0, 0.05) is 6.61 Å². The summed E-state index contributed by atoms with van der Waals surface area (Å²) in [5, 5.41) is 0. The molecule has 0 fully saturated rings. The van der Waals surface area contributed by atoms with Crippen molar-refractivity contribution in [1.82, 2.24) is 0 Å². The third-order valence-electron chi connectivity index (χ3n) is 5.43. The molecule has 30 heavy (non-hydrogen) atoms. The van der Waals surface area contributed by atoms with E-state index in [4.69, 9.17) is 9.47 Å². The average molecular weight is 411 g/mol. The molecule has 1 atom stereocenters. The van der Waals surface area contributed by atoms with Gasteiger partial charge in [0.25, 0.3) is 0 Å². The first-order valence-electron chi connectivity index (χ1n) is 11.7. The van der Waals surface area contributed by atoms with Crippen LogP contribution >= 0.6 is 0 Å². The number of hydrogen-bond donors (Lipinski definition) is 0. The van der Waals surface area contributed by atoms with E-state index in [0.717, 1.165) is 31.4 Å². The minimum Gasteiger partial charge on any atom is -0.423 e. The first kappa shape index (κ1) is 24.1. The van der Waals surface area contributed by atoms with Crippen LogP contribution in [0.5, 0.6) is 5.75 Å². The molecule has 2 aromatic carbocycles. The monoisotopic (exact) mass is 410 g/mol. The summed E-state index contributed by atoms with van der Waals surface area (Å²) < 4.78 is 11.3. The van der Waals surface area contributed by atoms with Crippen LogP contribution in [0.4, 0.5) is 0 Å². The number of carbonyl (C=O) groups is 1. The maximum absolute atomic E-state index is 12.4. The molecule has 0 aromatic heterocycles. The SMILES string of the molecule is CCCCCCCCc1ccc(C(=O)Oc2ccc(C(C)OCCCC)cc2)cc1. The summed E-state index contributed by atoms with van der Waals surface area (Å²) in [7, 11) is 0. The third-order valence-corrected chi connectivity index (χ3v) is 5.43. The average Bonchev–Trinajstić information content (AvgIpc) is 2.77. The first-order valence-corrected chi connectivity index (χ1v) is 11.7. The minimum atomic E-state index is -0.318. The molecule has 3 nitrogen and oxygen atoms in total. The van der Waals surface area contributed by atoms with E-state index >= 15 is 0 Å². The van der Waals surface area contributed by atoms with Crippen LogP contribution in [-0.4, -0.2) is 12.6 Å². The lowest BCUT2D eigenvalue weighted by Gasteiger charge is -2.13. The van der Waals surface area contributed by atoms with Crippen molar-refractivity contribution in [3.8, 4) is 5.75 Å². The van der Waals surface area contributed by atoms with Gasteiger partial charge in [0.05, 0.1) is 11.7 Å². The lowest BCUT2D eigenvalue weighted by Crippen LogP contribution is -2.08. The number of esters is 1. The van der Waals surface area contributed by atoms with E-state index in [9.17, 15) is 4.79 Å². The quantitative estimate of drug-likeness (QED) is 0.182. The molecule has 3 heteroatoms. The second-order valence-corrected chi connectivity index (χ2v) is 8.04. The molecule has 0 spiro atoms. The molecule has 0 amide bonds. The van der Waals surface area contributed by atoms with Crippen molar-refractivity contribution < 1.29 is 14.3 Å². The summed E-state index contributed by atoms with van der Waals surface area (Å²) in [5.41, 5.74) is 2.95.